The molecule has 2 unspecified atom stereocenters. The zero-order valence-corrected chi connectivity index (χ0v) is 19.5. The van der Waals surface area contributed by atoms with Crippen LogP contribution in [0.4, 0.5) is 4.79 Å². The molecule has 35 heavy (non-hydrogen) atoms. The number of carbonyl (C=O) groups is 4. The van der Waals surface area contributed by atoms with Crippen molar-refractivity contribution in [1.82, 2.24) is 14.8 Å². The molecule has 2 aliphatic heterocycles. The van der Waals surface area contributed by atoms with E-state index < -0.39 is 36.3 Å². The summed E-state index contributed by atoms with van der Waals surface area (Å²) in [5.41, 5.74) is 1.73. The zero-order valence-electron chi connectivity index (χ0n) is 19.5. The summed E-state index contributed by atoms with van der Waals surface area (Å²) in [5.74, 6) is -1.33. The summed E-state index contributed by atoms with van der Waals surface area (Å²) in [5, 5.41) is 5.97. The minimum absolute atomic E-state index is 0.0119. The fourth-order valence-electron chi connectivity index (χ4n) is 4.91. The summed E-state index contributed by atoms with van der Waals surface area (Å²) >= 11 is 0. The molecule has 2 fully saturated rings. The Morgan fingerprint density at radius 1 is 1.11 bits per heavy atom. The molecule has 2 atom stereocenters. The van der Waals surface area contributed by atoms with Crippen molar-refractivity contribution < 1.29 is 28.0 Å². The molecule has 1 saturated carbocycles. The maximum Gasteiger partial charge on any atom is 0.334 e. The monoisotopic (exact) mass is 478 g/mol. The molecule has 10 heteroatoms. The van der Waals surface area contributed by atoms with Crippen molar-refractivity contribution in [2.75, 3.05) is 13.1 Å². The van der Waals surface area contributed by atoms with Crippen molar-refractivity contribution >= 4 is 35.5 Å². The molecule has 1 saturated heterocycles. The van der Waals surface area contributed by atoms with Crippen LogP contribution < -0.4 is 0 Å². The predicted octanol–water partition coefficient (Wildman–Crippen LogP) is 3.44. The van der Waals surface area contributed by atoms with Crippen molar-refractivity contribution in [1.29, 1.82) is 0 Å². The summed E-state index contributed by atoms with van der Waals surface area (Å²) in [4.78, 5) is 52.7. The fraction of sp³-hybridized carbons (Fsp3) is 0.400. The molecule has 2 aromatic rings. The quantitative estimate of drug-likeness (QED) is 0.464. The highest BCUT2D eigenvalue weighted by molar-refractivity contribution is 6.45. The lowest BCUT2D eigenvalue weighted by atomic mass is 9.79. The van der Waals surface area contributed by atoms with E-state index in [0.717, 1.165) is 35.4 Å². The van der Waals surface area contributed by atoms with Crippen LogP contribution in [0.2, 0.25) is 0 Å². The number of imide groups is 2. The van der Waals surface area contributed by atoms with E-state index in [-0.39, 0.29) is 18.4 Å². The Kier molecular flexibility index (Phi) is 5.88. The van der Waals surface area contributed by atoms with E-state index in [1.807, 2.05) is 26.0 Å². The number of urea groups is 1. The van der Waals surface area contributed by atoms with Crippen molar-refractivity contribution in [2.24, 2.45) is 16.9 Å². The molecular formula is C25H26N4O6. The summed E-state index contributed by atoms with van der Waals surface area (Å²) in [6, 6.07) is 5.90. The molecule has 0 N–H and O–H groups in total. The van der Waals surface area contributed by atoms with E-state index in [0.29, 0.717) is 16.4 Å². The number of hydrogen-bond donors (Lipinski definition) is 0. The van der Waals surface area contributed by atoms with Crippen LogP contribution in [-0.4, -0.2) is 57.4 Å². The van der Waals surface area contributed by atoms with Crippen LogP contribution in [0.5, 0.6) is 0 Å². The van der Waals surface area contributed by atoms with Gasteiger partial charge in [-0.25, -0.2) is 14.7 Å². The molecular weight excluding hydrogens is 452 g/mol. The largest absolute Gasteiger partial charge is 0.467 e. The lowest BCUT2D eigenvalue weighted by molar-refractivity contribution is -0.145. The van der Waals surface area contributed by atoms with Crippen LogP contribution in [0.25, 0.3) is 6.08 Å². The Morgan fingerprint density at radius 2 is 1.86 bits per heavy atom. The summed E-state index contributed by atoms with van der Waals surface area (Å²) < 4.78 is 11.1. The summed E-state index contributed by atoms with van der Waals surface area (Å²) in [6.07, 6.45) is 7.54. The molecule has 1 aliphatic carbocycles. The molecule has 2 aromatic heterocycles. The van der Waals surface area contributed by atoms with Crippen LogP contribution >= 0.6 is 0 Å². The maximum absolute atomic E-state index is 13.5. The molecule has 3 aliphatic rings. The minimum Gasteiger partial charge on any atom is -0.467 e. The van der Waals surface area contributed by atoms with Gasteiger partial charge in [0.2, 0.25) is 0 Å². The van der Waals surface area contributed by atoms with Crippen LogP contribution in [0.1, 0.15) is 50.7 Å². The standard InChI is InChI=1S/C25H26N4O6/c1-15(2)13-27-23(31)24(32)28(25(27)33)14-20(30)29-22(19-9-5-11-35-19)18-8-3-6-16(21(18)26-29)12-17-7-4-10-34-17/h4-5,7,9-12,15,18,22H,3,6,8,13-14H2,1-2H3/b16-12-. The van der Waals surface area contributed by atoms with Crippen molar-refractivity contribution in [2.45, 2.75) is 39.2 Å². The third kappa shape index (κ3) is 4.09. The first-order valence-corrected chi connectivity index (χ1v) is 11.7. The highest BCUT2D eigenvalue weighted by atomic mass is 16.3. The van der Waals surface area contributed by atoms with Gasteiger partial charge < -0.3 is 8.83 Å². The van der Waals surface area contributed by atoms with Crippen molar-refractivity contribution in [3.8, 4) is 0 Å². The summed E-state index contributed by atoms with van der Waals surface area (Å²) in [7, 11) is 0. The first-order chi connectivity index (χ1) is 16.8. The lowest BCUT2D eigenvalue weighted by Crippen LogP contribution is -2.43. The van der Waals surface area contributed by atoms with Crippen molar-refractivity contribution in [3.05, 3.63) is 53.9 Å². The van der Waals surface area contributed by atoms with Gasteiger partial charge in [0.25, 0.3) is 5.91 Å². The number of fused-ring (bicyclic) bond motifs is 1. The molecule has 5 amide bonds. The Balaban J connectivity index is 1.44. The third-order valence-corrected chi connectivity index (χ3v) is 6.43. The number of amides is 5. The topological polar surface area (TPSA) is 117 Å². The molecule has 0 aromatic carbocycles. The van der Waals surface area contributed by atoms with Crippen LogP contribution in [0.15, 0.2) is 56.3 Å². The lowest BCUT2D eigenvalue weighted by Gasteiger charge is -2.28. The first-order valence-electron chi connectivity index (χ1n) is 11.7. The van der Waals surface area contributed by atoms with Crippen LogP contribution in [0.3, 0.4) is 0 Å². The molecule has 0 radical (unpaired) electrons. The van der Waals surface area contributed by atoms with Gasteiger partial charge in [-0.05, 0) is 61.1 Å². The van der Waals surface area contributed by atoms with E-state index in [1.54, 1.807) is 24.5 Å². The number of rotatable bonds is 6. The van der Waals surface area contributed by atoms with E-state index in [2.05, 4.69) is 5.10 Å². The second kappa shape index (κ2) is 9.01. The first kappa shape index (κ1) is 22.8. The average Bonchev–Trinajstić information content (AvgIpc) is 3.62. The van der Waals surface area contributed by atoms with E-state index >= 15 is 0 Å². The minimum atomic E-state index is -0.999. The number of nitrogens with zero attached hydrogens (tertiary/aromatic N) is 4. The van der Waals surface area contributed by atoms with Gasteiger partial charge in [0.1, 0.15) is 24.1 Å². The number of furan rings is 2. The highest BCUT2D eigenvalue weighted by Gasteiger charge is 2.49. The Bertz CT molecular complexity index is 1210. The SMILES string of the molecule is CC(C)CN1C(=O)C(=O)N(CC(=O)N2N=C3/C(=C\c4ccco4)CCCC3C2c2ccco2)C1=O. The second-order valence-corrected chi connectivity index (χ2v) is 9.35. The predicted molar refractivity (Wildman–Crippen MR) is 123 cm³/mol. The number of allylic oxidation sites excluding steroid dienone is 1. The van der Waals surface area contributed by atoms with Crippen LogP contribution in [-0.2, 0) is 14.4 Å². The highest BCUT2D eigenvalue weighted by Crippen LogP contribution is 2.44. The van der Waals surface area contributed by atoms with Gasteiger partial charge in [-0.1, -0.05) is 13.8 Å². The van der Waals surface area contributed by atoms with Crippen LogP contribution in [0, 0.1) is 11.8 Å². The number of hydrazone groups is 1. The van der Waals surface area contributed by atoms with Crippen molar-refractivity contribution in [3.63, 3.8) is 0 Å². The van der Waals surface area contributed by atoms with Gasteiger partial charge in [0.05, 0.1) is 18.2 Å². The molecule has 0 bridgehead atoms. The molecule has 10 nitrogen and oxygen atoms in total. The molecule has 0 spiro atoms. The maximum atomic E-state index is 13.5. The van der Waals surface area contributed by atoms with Gasteiger partial charge in [-0.3, -0.25) is 19.3 Å². The van der Waals surface area contributed by atoms with E-state index in [1.165, 1.54) is 11.3 Å². The molecule has 182 valence electrons. The smallest absolute Gasteiger partial charge is 0.334 e. The summed E-state index contributed by atoms with van der Waals surface area (Å²) in [6.45, 7) is 3.21. The molecule has 5 rings (SSSR count). The van der Waals surface area contributed by atoms with E-state index in [4.69, 9.17) is 8.83 Å². The Labute approximate surface area is 201 Å². The van der Waals surface area contributed by atoms with E-state index in [9.17, 15) is 19.2 Å². The molecule has 4 heterocycles. The van der Waals surface area contributed by atoms with Gasteiger partial charge in [-0.2, -0.15) is 5.10 Å². The Hall–Kier alpha value is -3.95. The fourth-order valence-corrected chi connectivity index (χ4v) is 4.91. The average molecular weight is 479 g/mol. The zero-order chi connectivity index (χ0) is 24.7. The number of hydrogen-bond acceptors (Lipinski definition) is 7. The third-order valence-electron chi connectivity index (χ3n) is 6.43. The Morgan fingerprint density at radius 3 is 2.54 bits per heavy atom. The second-order valence-electron chi connectivity index (χ2n) is 9.35. The van der Waals surface area contributed by atoms with Gasteiger partial charge in [0.15, 0.2) is 0 Å². The van der Waals surface area contributed by atoms with Gasteiger partial charge >= 0.3 is 17.8 Å². The van der Waals surface area contributed by atoms with Gasteiger partial charge in [0, 0.05) is 12.5 Å². The normalized spacial score (nSPS) is 23.6. The van der Waals surface area contributed by atoms with Gasteiger partial charge in [-0.15, -0.1) is 0 Å². The number of carbonyl (C=O) groups excluding carboxylic acids is 4.